The normalized spacial score (nSPS) is 21.3. The molecule has 1 aliphatic carbocycles. The van der Waals surface area contributed by atoms with Crippen LogP contribution < -0.4 is 11.1 Å². The predicted octanol–water partition coefficient (Wildman–Crippen LogP) is 1.81. The first-order valence-electron chi connectivity index (χ1n) is 6.16. The number of hydrogen-bond acceptors (Lipinski definition) is 2. The van der Waals surface area contributed by atoms with E-state index in [2.05, 4.69) is 19.2 Å². The molecule has 0 saturated heterocycles. The number of carbonyl (C=O) groups excluding carboxylic acids is 1. The number of amides is 1. The van der Waals surface area contributed by atoms with Crippen molar-refractivity contribution in [3.63, 3.8) is 0 Å². The van der Waals surface area contributed by atoms with Gasteiger partial charge in [-0.05, 0) is 18.8 Å². The molecule has 15 heavy (non-hydrogen) atoms. The van der Waals surface area contributed by atoms with Crippen molar-refractivity contribution in [2.24, 2.45) is 11.7 Å². The number of nitrogens with two attached hydrogens (primary N) is 1. The Balaban J connectivity index is 2.56. The van der Waals surface area contributed by atoms with Crippen LogP contribution in [-0.4, -0.2) is 18.0 Å². The fourth-order valence-electron chi connectivity index (χ4n) is 2.45. The molecule has 1 saturated carbocycles. The fourth-order valence-corrected chi connectivity index (χ4v) is 2.45. The summed E-state index contributed by atoms with van der Waals surface area (Å²) in [5.74, 6) is 0.267. The quantitative estimate of drug-likeness (QED) is 0.698. The number of primary amides is 1. The average Bonchev–Trinajstić information content (AvgIpc) is 2.41. The van der Waals surface area contributed by atoms with Crippen LogP contribution in [0.15, 0.2) is 0 Å². The van der Waals surface area contributed by atoms with Crippen molar-refractivity contribution in [3.05, 3.63) is 0 Å². The standard InChI is InChI=1S/C12H24N2O/c1-9(2)14-11(12(13)15)10-7-5-3-4-6-8-10/h9-11,14H,3-8H2,1-2H3,(H2,13,15). The maximum absolute atomic E-state index is 11.4. The second kappa shape index (κ2) is 6.11. The predicted molar refractivity (Wildman–Crippen MR) is 62.4 cm³/mol. The lowest BCUT2D eigenvalue weighted by Crippen LogP contribution is -2.49. The van der Waals surface area contributed by atoms with Gasteiger partial charge in [0.25, 0.3) is 0 Å². The molecule has 0 heterocycles. The minimum Gasteiger partial charge on any atom is -0.368 e. The topological polar surface area (TPSA) is 55.1 Å². The van der Waals surface area contributed by atoms with Crippen LogP contribution in [0.1, 0.15) is 52.4 Å². The van der Waals surface area contributed by atoms with Crippen molar-refractivity contribution in [2.75, 3.05) is 0 Å². The summed E-state index contributed by atoms with van der Waals surface area (Å²) in [6.45, 7) is 4.12. The van der Waals surface area contributed by atoms with Gasteiger partial charge >= 0.3 is 0 Å². The lowest BCUT2D eigenvalue weighted by atomic mass is 9.91. The van der Waals surface area contributed by atoms with Crippen molar-refractivity contribution in [1.82, 2.24) is 5.32 Å². The van der Waals surface area contributed by atoms with Crippen molar-refractivity contribution < 1.29 is 4.79 Å². The lowest BCUT2D eigenvalue weighted by Gasteiger charge is -2.26. The summed E-state index contributed by atoms with van der Waals surface area (Å²) in [6, 6.07) is 0.203. The van der Waals surface area contributed by atoms with Crippen molar-refractivity contribution in [2.45, 2.75) is 64.5 Å². The Morgan fingerprint density at radius 2 is 1.73 bits per heavy atom. The molecule has 1 amide bonds. The first-order chi connectivity index (χ1) is 7.11. The summed E-state index contributed by atoms with van der Waals surface area (Å²) in [4.78, 5) is 11.4. The average molecular weight is 212 g/mol. The van der Waals surface area contributed by atoms with Gasteiger partial charge in [0.15, 0.2) is 0 Å². The largest absolute Gasteiger partial charge is 0.368 e. The molecule has 1 rings (SSSR count). The SMILES string of the molecule is CC(C)NC(C(N)=O)C1CCCCCC1. The van der Waals surface area contributed by atoms with E-state index in [1.54, 1.807) is 0 Å². The first-order valence-corrected chi connectivity index (χ1v) is 6.16. The van der Waals surface area contributed by atoms with Crippen LogP contribution in [0.2, 0.25) is 0 Å². The molecule has 0 aromatic carbocycles. The van der Waals surface area contributed by atoms with Crippen molar-refractivity contribution in [3.8, 4) is 0 Å². The number of nitrogens with one attached hydrogen (secondary N) is 1. The minimum atomic E-state index is -0.185. The smallest absolute Gasteiger partial charge is 0.234 e. The van der Waals surface area contributed by atoms with Crippen LogP contribution in [-0.2, 0) is 4.79 Å². The van der Waals surface area contributed by atoms with Crippen molar-refractivity contribution >= 4 is 5.91 Å². The van der Waals surface area contributed by atoms with E-state index in [1.807, 2.05) is 0 Å². The molecular weight excluding hydrogens is 188 g/mol. The third-order valence-electron chi connectivity index (χ3n) is 3.19. The van der Waals surface area contributed by atoms with E-state index >= 15 is 0 Å². The van der Waals surface area contributed by atoms with Gasteiger partial charge in [0.05, 0.1) is 6.04 Å². The second-order valence-corrected chi connectivity index (χ2v) is 4.95. The van der Waals surface area contributed by atoms with Gasteiger partial charge in [-0.1, -0.05) is 39.5 Å². The van der Waals surface area contributed by atoms with Crippen LogP contribution in [0.25, 0.3) is 0 Å². The zero-order valence-corrected chi connectivity index (χ0v) is 9.96. The van der Waals surface area contributed by atoms with Gasteiger partial charge in [-0.3, -0.25) is 4.79 Å². The van der Waals surface area contributed by atoms with Gasteiger partial charge in [-0.15, -0.1) is 0 Å². The Morgan fingerprint density at radius 3 is 2.13 bits per heavy atom. The summed E-state index contributed by atoms with van der Waals surface area (Å²) in [5.41, 5.74) is 5.47. The van der Waals surface area contributed by atoms with Gasteiger partial charge in [0, 0.05) is 6.04 Å². The molecule has 88 valence electrons. The molecule has 3 nitrogen and oxygen atoms in total. The summed E-state index contributed by atoms with van der Waals surface area (Å²) in [6.07, 6.45) is 7.40. The second-order valence-electron chi connectivity index (χ2n) is 4.95. The van der Waals surface area contributed by atoms with Gasteiger partial charge < -0.3 is 11.1 Å². The molecule has 3 N–H and O–H groups in total. The van der Waals surface area contributed by atoms with Crippen LogP contribution in [0.4, 0.5) is 0 Å². The Labute approximate surface area is 92.8 Å². The van der Waals surface area contributed by atoms with Gasteiger partial charge in [-0.2, -0.15) is 0 Å². The van der Waals surface area contributed by atoms with E-state index in [4.69, 9.17) is 5.73 Å². The molecule has 0 bridgehead atoms. The van der Waals surface area contributed by atoms with E-state index in [-0.39, 0.29) is 11.9 Å². The molecule has 0 aromatic rings. The molecule has 1 atom stereocenters. The number of carbonyl (C=O) groups is 1. The van der Waals surface area contributed by atoms with Crippen molar-refractivity contribution in [1.29, 1.82) is 0 Å². The van der Waals surface area contributed by atoms with Crippen LogP contribution in [0.5, 0.6) is 0 Å². The number of hydrogen-bond donors (Lipinski definition) is 2. The van der Waals surface area contributed by atoms with Crippen LogP contribution >= 0.6 is 0 Å². The summed E-state index contributed by atoms with van der Waals surface area (Å²) >= 11 is 0. The van der Waals surface area contributed by atoms with E-state index in [0.717, 1.165) is 12.8 Å². The van der Waals surface area contributed by atoms with E-state index < -0.39 is 0 Å². The Morgan fingerprint density at radius 1 is 1.20 bits per heavy atom. The molecule has 0 radical (unpaired) electrons. The molecular formula is C12H24N2O. The lowest BCUT2D eigenvalue weighted by molar-refractivity contribution is -0.121. The molecule has 0 aliphatic heterocycles. The highest BCUT2D eigenvalue weighted by Crippen LogP contribution is 2.25. The van der Waals surface area contributed by atoms with Crippen LogP contribution in [0.3, 0.4) is 0 Å². The Kier molecular flexibility index (Phi) is 5.09. The molecule has 1 aliphatic rings. The maximum Gasteiger partial charge on any atom is 0.234 e. The van der Waals surface area contributed by atoms with Gasteiger partial charge in [0.2, 0.25) is 5.91 Å². The van der Waals surface area contributed by atoms with Gasteiger partial charge in [-0.25, -0.2) is 0 Å². The molecule has 1 unspecified atom stereocenters. The third kappa shape index (κ3) is 4.20. The maximum atomic E-state index is 11.4. The fraction of sp³-hybridized carbons (Fsp3) is 0.917. The van der Waals surface area contributed by atoms with Crippen LogP contribution in [0, 0.1) is 5.92 Å². The highest BCUT2D eigenvalue weighted by Gasteiger charge is 2.27. The molecule has 3 heteroatoms. The minimum absolute atomic E-state index is 0.122. The zero-order valence-electron chi connectivity index (χ0n) is 9.96. The molecule has 0 aromatic heterocycles. The summed E-state index contributed by atoms with van der Waals surface area (Å²) < 4.78 is 0. The monoisotopic (exact) mass is 212 g/mol. The Hall–Kier alpha value is -0.570. The third-order valence-corrected chi connectivity index (χ3v) is 3.19. The van der Waals surface area contributed by atoms with E-state index in [9.17, 15) is 4.79 Å². The highest BCUT2D eigenvalue weighted by molar-refractivity contribution is 5.80. The van der Waals surface area contributed by atoms with Gasteiger partial charge in [0.1, 0.15) is 0 Å². The zero-order chi connectivity index (χ0) is 11.3. The molecule has 1 fully saturated rings. The Bertz CT molecular complexity index is 196. The summed E-state index contributed by atoms with van der Waals surface area (Å²) in [7, 11) is 0. The number of rotatable bonds is 4. The first kappa shape index (κ1) is 12.5. The molecule has 0 spiro atoms. The van der Waals surface area contributed by atoms with E-state index in [0.29, 0.717) is 12.0 Å². The van der Waals surface area contributed by atoms with E-state index in [1.165, 1.54) is 25.7 Å². The highest BCUT2D eigenvalue weighted by atomic mass is 16.1. The summed E-state index contributed by atoms with van der Waals surface area (Å²) in [5, 5.41) is 3.30.